The number of nitrogens with one attached hydrogen (secondary N) is 1. The number of aromatic nitrogens is 1. The number of nitrogens with zero attached hydrogens (tertiary/aromatic N) is 3. The third-order valence-corrected chi connectivity index (χ3v) is 3.45. The number of carbonyl (C=O) groups excluding carboxylic acids is 1. The summed E-state index contributed by atoms with van der Waals surface area (Å²) in [6, 6.07) is 7.73. The lowest BCUT2D eigenvalue weighted by molar-refractivity contribution is 0.0490. The molecule has 0 aromatic carbocycles. The Morgan fingerprint density at radius 2 is 2.27 bits per heavy atom. The van der Waals surface area contributed by atoms with Gasteiger partial charge in [0.25, 0.3) is 0 Å². The highest BCUT2D eigenvalue weighted by Crippen LogP contribution is 2.22. The summed E-state index contributed by atoms with van der Waals surface area (Å²) >= 11 is 0. The van der Waals surface area contributed by atoms with Gasteiger partial charge in [-0.15, -0.1) is 0 Å². The molecule has 6 nitrogen and oxygen atoms in total. The average molecular weight is 302 g/mol. The van der Waals surface area contributed by atoms with Crippen molar-refractivity contribution in [3.8, 4) is 6.07 Å². The Labute approximate surface area is 131 Å². The Bertz CT molecular complexity index is 548. The minimum Gasteiger partial charge on any atom is -0.444 e. The van der Waals surface area contributed by atoms with Crippen LogP contribution in [-0.2, 0) is 4.74 Å². The summed E-state index contributed by atoms with van der Waals surface area (Å²) in [5.41, 5.74) is -0.554. The first kappa shape index (κ1) is 16.1. The summed E-state index contributed by atoms with van der Waals surface area (Å²) in [5.74, 6) is 0.641. The molecule has 0 bridgehead atoms. The quantitative estimate of drug-likeness (QED) is 0.907. The highest BCUT2D eigenvalue weighted by molar-refractivity contribution is 5.68. The lowest BCUT2D eigenvalue weighted by Crippen LogP contribution is -2.53. The van der Waals surface area contributed by atoms with Gasteiger partial charge in [-0.05, 0) is 39.3 Å². The molecule has 0 radical (unpaired) electrons. The zero-order valence-corrected chi connectivity index (χ0v) is 13.2. The van der Waals surface area contributed by atoms with Crippen molar-refractivity contribution in [1.82, 2.24) is 10.3 Å². The largest absolute Gasteiger partial charge is 0.444 e. The molecule has 1 amide bonds. The van der Waals surface area contributed by atoms with Crippen LogP contribution in [0.5, 0.6) is 0 Å². The van der Waals surface area contributed by atoms with Gasteiger partial charge in [0, 0.05) is 19.3 Å². The Morgan fingerprint density at radius 3 is 2.86 bits per heavy atom. The van der Waals surface area contributed by atoms with E-state index in [-0.39, 0.29) is 12.0 Å². The molecule has 1 aliphatic heterocycles. The highest BCUT2D eigenvalue weighted by Gasteiger charge is 2.32. The van der Waals surface area contributed by atoms with E-state index < -0.39 is 11.7 Å². The van der Waals surface area contributed by atoms with E-state index >= 15 is 0 Å². The van der Waals surface area contributed by atoms with E-state index in [2.05, 4.69) is 21.3 Å². The predicted molar refractivity (Wildman–Crippen MR) is 83.3 cm³/mol. The summed E-state index contributed by atoms with van der Waals surface area (Å²) < 4.78 is 5.28. The molecule has 1 N–H and O–H groups in total. The number of hydrogen-bond donors (Lipinski definition) is 1. The first-order valence-corrected chi connectivity index (χ1v) is 7.44. The lowest BCUT2D eigenvalue weighted by Gasteiger charge is -2.36. The molecule has 2 rings (SSSR count). The Kier molecular flexibility index (Phi) is 4.86. The molecule has 22 heavy (non-hydrogen) atoms. The average Bonchev–Trinajstić information content (AvgIpc) is 2.46. The van der Waals surface area contributed by atoms with Crippen LogP contribution in [0.4, 0.5) is 10.6 Å². The third kappa shape index (κ3) is 4.35. The second-order valence-corrected chi connectivity index (χ2v) is 6.41. The number of nitriles is 1. The maximum atomic E-state index is 12.0. The molecule has 0 aliphatic carbocycles. The van der Waals surface area contributed by atoms with Crippen molar-refractivity contribution < 1.29 is 9.53 Å². The van der Waals surface area contributed by atoms with Crippen LogP contribution in [0.15, 0.2) is 24.4 Å². The summed E-state index contributed by atoms with van der Waals surface area (Å²) in [6.45, 7) is 6.75. The van der Waals surface area contributed by atoms with Gasteiger partial charge in [-0.2, -0.15) is 5.26 Å². The van der Waals surface area contributed by atoms with E-state index in [4.69, 9.17) is 4.74 Å². The number of ether oxygens (including phenoxy) is 1. The molecule has 1 fully saturated rings. The second kappa shape index (κ2) is 6.65. The van der Waals surface area contributed by atoms with Crippen LogP contribution in [0.2, 0.25) is 0 Å². The Hall–Kier alpha value is -2.29. The first-order chi connectivity index (χ1) is 10.4. The molecule has 6 heteroatoms. The maximum absolute atomic E-state index is 12.0. The number of carbonyl (C=O) groups is 1. The topological polar surface area (TPSA) is 78.2 Å². The standard InChI is InChI=1S/C16H22N4O2/c1-16(2,3)22-15(21)19-13-11-20(9-7-12(13)10-17)14-6-4-5-8-18-14/h4-6,8,12-13H,7,9,11H2,1-3H3,(H,19,21). The SMILES string of the molecule is CC(C)(C)OC(=O)NC1CN(c2ccccn2)CCC1C#N. The Balaban J connectivity index is 2.03. The van der Waals surface area contributed by atoms with Gasteiger partial charge < -0.3 is 15.0 Å². The molecular weight excluding hydrogens is 280 g/mol. The Morgan fingerprint density at radius 1 is 1.50 bits per heavy atom. The fourth-order valence-electron chi connectivity index (χ4n) is 2.46. The molecular formula is C16H22N4O2. The second-order valence-electron chi connectivity index (χ2n) is 6.41. The molecule has 0 saturated carbocycles. The van der Waals surface area contributed by atoms with E-state index in [0.29, 0.717) is 13.0 Å². The van der Waals surface area contributed by atoms with Gasteiger partial charge in [0.05, 0.1) is 18.0 Å². The third-order valence-electron chi connectivity index (χ3n) is 3.45. The van der Waals surface area contributed by atoms with Gasteiger partial charge in [0.2, 0.25) is 0 Å². The van der Waals surface area contributed by atoms with Gasteiger partial charge in [0.1, 0.15) is 11.4 Å². The molecule has 1 saturated heterocycles. The van der Waals surface area contributed by atoms with Crippen molar-refractivity contribution in [2.45, 2.75) is 38.8 Å². The van der Waals surface area contributed by atoms with Crippen LogP contribution in [0, 0.1) is 17.2 Å². The zero-order chi connectivity index (χ0) is 16.2. The van der Waals surface area contributed by atoms with Gasteiger partial charge >= 0.3 is 6.09 Å². The molecule has 1 aromatic rings. The lowest BCUT2D eigenvalue weighted by atomic mass is 9.93. The van der Waals surface area contributed by atoms with Crippen molar-refractivity contribution in [1.29, 1.82) is 5.26 Å². The van der Waals surface area contributed by atoms with Gasteiger partial charge in [0.15, 0.2) is 0 Å². The molecule has 0 spiro atoms. The van der Waals surface area contributed by atoms with Crippen LogP contribution in [-0.4, -0.2) is 35.8 Å². The van der Waals surface area contributed by atoms with Gasteiger partial charge in [-0.1, -0.05) is 6.07 Å². The highest BCUT2D eigenvalue weighted by atomic mass is 16.6. The van der Waals surface area contributed by atoms with Crippen LogP contribution >= 0.6 is 0 Å². The van der Waals surface area contributed by atoms with Crippen molar-refractivity contribution in [3.05, 3.63) is 24.4 Å². The smallest absolute Gasteiger partial charge is 0.407 e. The molecule has 118 valence electrons. The van der Waals surface area contributed by atoms with E-state index in [1.807, 2.05) is 39.0 Å². The van der Waals surface area contributed by atoms with Crippen molar-refractivity contribution in [2.24, 2.45) is 5.92 Å². The molecule has 2 unspecified atom stereocenters. The van der Waals surface area contributed by atoms with Crippen LogP contribution < -0.4 is 10.2 Å². The number of hydrogen-bond acceptors (Lipinski definition) is 5. The summed E-state index contributed by atoms with van der Waals surface area (Å²) in [6.07, 6.45) is 1.94. The normalized spacial score (nSPS) is 21.8. The van der Waals surface area contributed by atoms with E-state index in [1.54, 1.807) is 6.20 Å². The molecule has 1 aliphatic rings. The number of amides is 1. The number of pyridine rings is 1. The minimum atomic E-state index is -0.554. The summed E-state index contributed by atoms with van der Waals surface area (Å²) in [4.78, 5) is 18.4. The van der Waals surface area contributed by atoms with Crippen molar-refractivity contribution in [2.75, 3.05) is 18.0 Å². The molecule has 2 heterocycles. The summed E-state index contributed by atoms with van der Waals surface area (Å²) in [5, 5.41) is 12.1. The van der Waals surface area contributed by atoms with E-state index in [9.17, 15) is 10.1 Å². The monoisotopic (exact) mass is 302 g/mol. The van der Waals surface area contributed by atoms with Crippen molar-refractivity contribution in [3.63, 3.8) is 0 Å². The van der Waals surface area contributed by atoms with Crippen molar-refractivity contribution >= 4 is 11.9 Å². The fourth-order valence-corrected chi connectivity index (χ4v) is 2.46. The molecule has 2 atom stereocenters. The van der Waals surface area contributed by atoms with E-state index in [0.717, 1.165) is 12.4 Å². The van der Waals surface area contributed by atoms with E-state index in [1.165, 1.54) is 0 Å². The predicted octanol–water partition coefficient (Wildman–Crippen LogP) is 2.32. The first-order valence-electron chi connectivity index (χ1n) is 7.44. The maximum Gasteiger partial charge on any atom is 0.407 e. The number of anilines is 1. The van der Waals surface area contributed by atoms with Gasteiger partial charge in [-0.25, -0.2) is 9.78 Å². The number of rotatable bonds is 2. The van der Waals surface area contributed by atoms with Crippen LogP contribution in [0.25, 0.3) is 0 Å². The van der Waals surface area contributed by atoms with Crippen LogP contribution in [0.1, 0.15) is 27.2 Å². The fraction of sp³-hybridized carbons (Fsp3) is 0.562. The van der Waals surface area contributed by atoms with Crippen LogP contribution in [0.3, 0.4) is 0 Å². The number of alkyl carbamates (subject to hydrolysis) is 1. The van der Waals surface area contributed by atoms with Gasteiger partial charge in [-0.3, -0.25) is 0 Å². The number of piperidine rings is 1. The summed E-state index contributed by atoms with van der Waals surface area (Å²) in [7, 11) is 0. The minimum absolute atomic E-state index is 0.215. The molecule has 1 aromatic heterocycles. The zero-order valence-electron chi connectivity index (χ0n) is 13.2.